The third-order valence-electron chi connectivity index (χ3n) is 3.85. The summed E-state index contributed by atoms with van der Waals surface area (Å²) in [6, 6.07) is 8.22. The molecule has 8 heteroatoms. The number of ether oxygens (including phenoxy) is 1. The number of nitrogens with zero attached hydrogens (tertiary/aromatic N) is 3. The molecule has 1 aromatic carbocycles. The fourth-order valence-corrected chi connectivity index (χ4v) is 2.63. The predicted octanol–water partition coefficient (Wildman–Crippen LogP) is 1.93. The normalized spacial score (nSPS) is 14.6. The van der Waals surface area contributed by atoms with E-state index in [1.807, 2.05) is 0 Å². The molecular formula is C16H16ClN3O4. The molecule has 0 unspecified atom stereocenters. The van der Waals surface area contributed by atoms with E-state index in [0.717, 1.165) is 0 Å². The number of hydrogen-bond donors (Lipinski definition) is 0. The molecule has 1 aromatic heterocycles. The molecule has 2 aromatic rings. The minimum absolute atomic E-state index is 0.0694. The largest absolute Gasteiger partial charge is 0.479 e. The number of benzene rings is 1. The zero-order chi connectivity index (χ0) is 17.1. The van der Waals surface area contributed by atoms with E-state index in [4.69, 9.17) is 20.9 Å². The maximum atomic E-state index is 12.4. The summed E-state index contributed by atoms with van der Waals surface area (Å²) in [5, 5.41) is 4.21. The molecule has 7 nitrogen and oxygen atoms in total. The quantitative estimate of drug-likeness (QED) is 0.846. The van der Waals surface area contributed by atoms with Crippen LogP contribution in [0.15, 0.2) is 34.9 Å². The second kappa shape index (κ2) is 6.92. The Kier molecular flexibility index (Phi) is 4.71. The summed E-state index contributed by atoms with van der Waals surface area (Å²) >= 11 is 5.83. The Morgan fingerprint density at radius 2 is 1.67 bits per heavy atom. The lowest BCUT2D eigenvalue weighted by molar-refractivity contribution is 0.0512. The van der Waals surface area contributed by atoms with E-state index in [0.29, 0.717) is 36.8 Å². The van der Waals surface area contributed by atoms with Crippen molar-refractivity contribution in [3.63, 3.8) is 0 Å². The molecule has 0 radical (unpaired) electrons. The van der Waals surface area contributed by atoms with Gasteiger partial charge in [0.05, 0.1) is 13.2 Å². The lowest BCUT2D eigenvalue weighted by atomic mass is 10.2. The number of amides is 2. The molecule has 1 aliphatic rings. The number of aromatic nitrogens is 1. The molecule has 0 bridgehead atoms. The average molecular weight is 350 g/mol. The van der Waals surface area contributed by atoms with Crippen molar-refractivity contribution in [2.24, 2.45) is 0 Å². The van der Waals surface area contributed by atoms with Crippen molar-refractivity contribution in [1.82, 2.24) is 15.0 Å². The van der Waals surface area contributed by atoms with Crippen molar-refractivity contribution in [1.29, 1.82) is 0 Å². The van der Waals surface area contributed by atoms with Crippen molar-refractivity contribution in [2.45, 2.75) is 0 Å². The van der Waals surface area contributed by atoms with Crippen LogP contribution in [-0.4, -0.2) is 60.1 Å². The van der Waals surface area contributed by atoms with E-state index >= 15 is 0 Å². The van der Waals surface area contributed by atoms with Gasteiger partial charge in [-0.05, 0) is 29.4 Å². The Hall–Kier alpha value is -2.54. The number of halogens is 1. The number of hydrogen-bond acceptors (Lipinski definition) is 5. The van der Waals surface area contributed by atoms with E-state index in [9.17, 15) is 9.59 Å². The van der Waals surface area contributed by atoms with E-state index in [1.54, 1.807) is 34.1 Å². The van der Waals surface area contributed by atoms with Crippen molar-refractivity contribution < 1.29 is 18.8 Å². The van der Waals surface area contributed by atoms with Gasteiger partial charge in [0.2, 0.25) is 5.76 Å². The highest BCUT2D eigenvalue weighted by Crippen LogP contribution is 2.16. The highest BCUT2D eigenvalue weighted by Gasteiger charge is 2.27. The molecule has 1 fully saturated rings. The monoisotopic (exact) mass is 349 g/mol. The number of piperazine rings is 1. The van der Waals surface area contributed by atoms with Crippen LogP contribution in [-0.2, 0) is 0 Å². The van der Waals surface area contributed by atoms with Crippen LogP contribution < -0.4 is 4.74 Å². The van der Waals surface area contributed by atoms with Gasteiger partial charge in [0.25, 0.3) is 17.7 Å². The maximum Gasteiger partial charge on any atom is 0.292 e. The first-order chi connectivity index (χ1) is 11.6. The number of methoxy groups -OCH3 is 1. The van der Waals surface area contributed by atoms with Crippen LogP contribution in [0.3, 0.4) is 0 Å². The van der Waals surface area contributed by atoms with Crippen LogP contribution >= 0.6 is 11.6 Å². The van der Waals surface area contributed by atoms with Crippen LogP contribution in [0.25, 0.3) is 0 Å². The second-order valence-corrected chi connectivity index (χ2v) is 5.76. The Morgan fingerprint density at radius 3 is 2.21 bits per heavy atom. The minimum Gasteiger partial charge on any atom is -0.479 e. The van der Waals surface area contributed by atoms with Crippen molar-refractivity contribution in [2.75, 3.05) is 33.3 Å². The zero-order valence-electron chi connectivity index (χ0n) is 13.1. The van der Waals surface area contributed by atoms with Crippen LogP contribution in [0.4, 0.5) is 0 Å². The third kappa shape index (κ3) is 3.35. The average Bonchev–Trinajstić information content (AvgIpc) is 3.10. The van der Waals surface area contributed by atoms with Gasteiger partial charge in [0.15, 0.2) is 0 Å². The molecule has 1 saturated heterocycles. The standard InChI is InChI=1S/C16H16ClN3O4/c1-23-14-10-13(24-18-14)16(22)20-8-6-19(7-9-20)15(21)11-2-4-12(17)5-3-11/h2-5,10H,6-9H2,1H3. The number of carbonyl (C=O) groups excluding carboxylic acids is 2. The lowest BCUT2D eigenvalue weighted by Crippen LogP contribution is -2.50. The summed E-state index contributed by atoms with van der Waals surface area (Å²) in [5.41, 5.74) is 0.583. The van der Waals surface area contributed by atoms with E-state index < -0.39 is 0 Å². The van der Waals surface area contributed by atoms with Gasteiger partial charge < -0.3 is 19.1 Å². The third-order valence-corrected chi connectivity index (χ3v) is 4.11. The fraction of sp³-hybridized carbons (Fsp3) is 0.312. The topological polar surface area (TPSA) is 75.9 Å². The first-order valence-corrected chi connectivity index (χ1v) is 7.81. The zero-order valence-corrected chi connectivity index (χ0v) is 13.8. The first-order valence-electron chi connectivity index (χ1n) is 7.43. The molecule has 0 aliphatic carbocycles. The summed E-state index contributed by atoms with van der Waals surface area (Å²) in [7, 11) is 1.45. The van der Waals surface area contributed by atoms with E-state index in [1.165, 1.54) is 13.2 Å². The smallest absolute Gasteiger partial charge is 0.292 e. The van der Waals surface area contributed by atoms with Crippen LogP contribution in [0.5, 0.6) is 5.88 Å². The van der Waals surface area contributed by atoms with Gasteiger partial charge in [-0.2, -0.15) is 0 Å². The highest BCUT2D eigenvalue weighted by molar-refractivity contribution is 6.30. The SMILES string of the molecule is COc1cc(C(=O)N2CCN(C(=O)c3ccc(Cl)cc3)CC2)on1. The summed E-state index contributed by atoms with van der Waals surface area (Å²) in [5.74, 6) is 0.0590. The molecule has 0 spiro atoms. The number of carbonyl (C=O) groups is 2. The van der Waals surface area contributed by atoms with Gasteiger partial charge in [-0.25, -0.2) is 0 Å². The molecular weight excluding hydrogens is 334 g/mol. The van der Waals surface area contributed by atoms with Gasteiger partial charge in [-0.15, -0.1) is 0 Å². The van der Waals surface area contributed by atoms with Crippen molar-refractivity contribution in [3.05, 3.63) is 46.7 Å². The first kappa shape index (κ1) is 16.3. The number of rotatable bonds is 3. The van der Waals surface area contributed by atoms with Crippen molar-refractivity contribution in [3.8, 4) is 5.88 Å². The van der Waals surface area contributed by atoms with E-state index in [2.05, 4.69) is 5.16 Å². The molecule has 0 N–H and O–H groups in total. The highest BCUT2D eigenvalue weighted by atomic mass is 35.5. The molecule has 2 heterocycles. The van der Waals surface area contributed by atoms with Crippen LogP contribution in [0.1, 0.15) is 20.9 Å². The van der Waals surface area contributed by atoms with E-state index in [-0.39, 0.29) is 23.5 Å². The fourth-order valence-electron chi connectivity index (χ4n) is 2.50. The predicted molar refractivity (Wildman–Crippen MR) is 86.3 cm³/mol. The van der Waals surface area contributed by atoms with Gasteiger partial charge >= 0.3 is 0 Å². The summed E-state index contributed by atoms with van der Waals surface area (Å²) in [4.78, 5) is 28.1. The van der Waals surface area contributed by atoms with Gasteiger partial charge in [-0.3, -0.25) is 9.59 Å². The minimum atomic E-state index is -0.260. The lowest BCUT2D eigenvalue weighted by Gasteiger charge is -2.34. The molecule has 24 heavy (non-hydrogen) atoms. The van der Waals surface area contributed by atoms with Crippen molar-refractivity contribution >= 4 is 23.4 Å². The van der Waals surface area contributed by atoms with Crippen LogP contribution in [0.2, 0.25) is 5.02 Å². The molecule has 2 amide bonds. The second-order valence-electron chi connectivity index (χ2n) is 5.32. The summed E-state index contributed by atoms with van der Waals surface area (Å²) < 4.78 is 9.87. The Bertz CT molecular complexity index is 736. The van der Waals surface area contributed by atoms with Gasteiger partial charge in [0, 0.05) is 36.8 Å². The molecule has 0 saturated carbocycles. The summed E-state index contributed by atoms with van der Waals surface area (Å²) in [6.45, 7) is 1.78. The Labute approximate surface area is 143 Å². The van der Waals surface area contributed by atoms with Gasteiger partial charge in [-0.1, -0.05) is 11.6 Å². The summed E-state index contributed by atoms with van der Waals surface area (Å²) in [6.07, 6.45) is 0. The van der Waals surface area contributed by atoms with Crippen LogP contribution in [0, 0.1) is 0 Å². The Balaban J connectivity index is 1.60. The maximum absolute atomic E-state index is 12.4. The molecule has 0 atom stereocenters. The van der Waals surface area contributed by atoms with Gasteiger partial charge in [0.1, 0.15) is 0 Å². The molecule has 1 aliphatic heterocycles. The molecule has 3 rings (SSSR count). The molecule has 126 valence electrons. The Morgan fingerprint density at radius 1 is 1.08 bits per heavy atom.